The summed E-state index contributed by atoms with van der Waals surface area (Å²) < 4.78 is 16.2. The number of hydrogen-bond acceptors (Lipinski definition) is 3. The maximum absolute atomic E-state index is 5.65. The summed E-state index contributed by atoms with van der Waals surface area (Å²) in [6, 6.07) is 0. The van der Waals surface area contributed by atoms with Crippen LogP contribution in [-0.4, -0.2) is 65.4 Å². The lowest BCUT2D eigenvalue weighted by Crippen LogP contribution is -2.29. The number of rotatable bonds is 5. The number of halogens is 2. The second-order valence-electron chi connectivity index (χ2n) is 4.22. The first-order valence-electron chi connectivity index (χ1n) is 5.77. The molecule has 0 aliphatic rings. The molecule has 9 heteroatoms. The highest BCUT2D eigenvalue weighted by Gasteiger charge is 2.21. The first kappa shape index (κ1) is 38.8. The van der Waals surface area contributed by atoms with Gasteiger partial charge in [0.15, 0.2) is 0 Å². The van der Waals surface area contributed by atoms with Gasteiger partial charge >= 0.3 is 58.3 Å². The van der Waals surface area contributed by atoms with Gasteiger partial charge in [0.2, 0.25) is 0 Å². The Hall–Kier alpha value is 3.47. The molecule has 124 valence electrons. The van der Waals surface area contributed by atoms with Gasteiger partial charge in [-0.1, -0.05) is 62.8 Å². The van der Waals surface area contributed by atoms with E-state index in [4.69, 9.17) is 9.47 Å². The summed E-state index contributed by atoms with van der Waals surface area (Å²) in [5.41, 5.74) is 0. The summed E-state index contributed by atoms with van der Waals surface area (Å²) >= 11 is 0.739. The van der Waals surface area contributed by atoms with Crippen LogP contribution in [0.25, 0.3) is 0 Å². The van der Waals surface area contributed by atoms with Gasteiger partial charge in [-0.25, -0.2) is 0 Å². The van der Waals surface area contributed by atoms with Crippen LogP contribution in [-0.2, 0) is 9.47 Å². The minimum Gasteiger partial charge on any atom is -0.616 e. The second-order valence-corrected chi connectivity index (χ2v) is 14.3. The zero-order chi connectivity index (χ0) is 14.4. The van der Waals surface area contributed by atoms with Crippen molar-refractivity contribution in [3.8, 4) is 0 Å². The van der Waals surface area contributed by atoms with Crippen LogP contribution in [0.5, 0.6) is 0 Å². The summed E-state index contributed by atoms with van der Waals surface area (Å²) in [6.07, 6.45) is 0. The lowest BCUT2D eigenvalue weighted by molar-refractivity contribution is 0.430. The van der Waals surface area contributed by atoms with Crippen molar-refractivity contribution < 1.29 is 9.47 Å². The highest BCUT2D eigenvalue weighted by Crippen LogP contribution is 1.95. The molecule has 0 radical (unpaired) electrons. The van der Waals surface area contributed by atoms with E-state index in [-0.39, 0.29) is 22.3 Å². The molecular formula is C11H36Al4I2O3. The van der Waals surface area contributed by atoms with Gasteiger partial charge in [0.05, 0.1) is 0 Å². The molecule has 0 aliphatic carbocycles. The molecule has 3 nitrogen and oxygen atoms in total. The van der Waals surface area contributed by atoms with Crippen LogP contribution in [0, 0.1) is 0 Å². The molecule has 0 aromatic heterocycles. The van der Waals surface area contributed by atoms with Gasteiger partial charge in [-0.3, -0.25) is 0 Å². The van der Waals surface area contributed by atoms with Gasteiger partial charge in [-0.05, 0) is 0 Å². The molecule has 0 N–H and O–H groups in total. The predicted molar refractivity (Wildman–Crippen MR) is 121 cm³/mol. The minimum absolute atomic E-state index is 0. The minimum atomic E-state index is -1.19. The molecule has 0 unspecified atom stereocenters. The molecule has 0 rings (SSSR count). The van der Waals surface area contributed by atoms with E-state index in [0.717, 1.165) is 0 Å². The predicted octanol–water partition coefficient (Wildman–Crippen LogP) is 6.20. The van der Waals surface area contributed by atoms with E-state index < -0.39 is 58.3 Å². The third-order valence-corrected chi connectivity index (χ3v) is 9.76. The second kappa shape index (κ2) is 30.4. The molecule has 0 saturated heterocycles. The lowest BCUT2D eigenvalue weighted by Gasteiger charge is -2.13. The molecule has 0 saturated carbocycles. The van der Waals surface area contributed by atoms with Gasteiger partial charge in [0.1, 0.15) is 0 Å². The fourth-order valence-corrected chi connectivity index (χ4v) is 7.77. The normalized spacial score (nSPS) is 6.90. The summed E-state index contributed by atoms with van der Waals surface area (Å²) in [6.45, 7) is 0. The Labute approximate surface area is 172 Å². The topological polar surface area (TPSA) is 27.7 Å². The fraction of sp³-hybridized carbons (Fsp3) is 1.00. The maximum Gasteiger partial charge on any atom is 0.609 e. The molecule has 20 heavy (non-hydrogen) atoms. The average Bonchev–Trinajstić information content (AvgIpc) is 2.19. The molecule has 0 aromatic rings. The molecular weight excluding hydrogens is 542 g/mol. The SMILES string of the molecule is C.C.C.C[O][Al]([CH3])[CH3].II.[CH3][Al]([CH3])[O][Al]([CH3])[O][Al]([CH3])[CH3]. The van der Waals surface area contributed by atoms with Crippen LogP contribution in [0.3, 0.4) is 0 Å². The van der Waals surface area contributed by atoms with Crippen LogP contribution < -0.4 is 0 Å². The van der Waals surface area contributed by atoms with Crippen molar-refractivity contribution in [1.82, 2.24) is 0 Å². The lowest BCUT2D eigenvalue weighted by atomic mass is 11.8. The molecule has 0 spiro atoms. The van der Waals surface area contributed by atoms with E-state index in [0.29, 0.717) is 0 Å². The summed E-state index contributed by atoms with van der Waals surface area (Å²) in [5, 5.41) is 0. The first-order chi connectivity index (χ1) is 7.79. The Morgan fingerprint density at radius 1 is 0.600 bits per heavy atom. The van der Waals surface area contributed by atoms with E-state index in [2.05, 4.69) is 77.7 Å². The Morgan fingerprint density at radius 2 is 0.800 bits per heavy atom. The van der Waals surface area contributed by atoms with Gasteiger partial charge in [0, 0.05) is 44.3 Å². The highest BCUT2D eigenvalue weighted by atomic mass is 128. The van der Waals surface area contributed by atoms with Crippen molar-refractivity contribution in [2.45, 2.75) is 62.8 Å². The molecule has 0 fully saturated rings. The molecule has 0 aromatic carbocycles. The maximum atomic E-state index is 5.65. The third-order valence-electron chi connectivity index (χ3n) is 1.40. The van der Waals surface area contributed by atoms with Crippen molar-refractivity contribution in [3.63, 3.8) is 0 Å². The molecule has 0 aliphatic heterocycles. The smallest absolute Gasteiger partial charge is 0.609 e. The molecule has 0 amide bonds. The van der Waals surface area contributed by atoms with E-state index >= 15 is 0 Å². The van der Waals surface area contributed by atoms with E-state index in [9.17, 15) is 0 Å². The van der Waals surface area contributed by atoms with Gasteiger partial charge in [0.25, 0.3) is 0 Å². The number of hydrogen-bond donors (Lipinski definition) is 0. The monoisotopic (exact) mass is 578 g/mol. The van der Waals surface area contributed by atoms with Crippen LogP contribution in [0.15, 0.2) is 0 Å². The van der Waals surface area contributed by atoms with E-state index in [1.54, 1.807) is 7.11 Å². The summed E-state index contributed by atoms with van der Waals surface area (Å²) in [5.74, 6) is 15.2. The zero-order valence-corrected chi connectivity index (χ0v) is 21.2. The van der Waals surface area contributed by atoms with Gasteiger partial charge in [-0.2, -0.15) is 0 Å². The van der Waals surface area contributed by atoms with Crippen molar-refractivity contribution >= 4 is 95.5 Å². The molecule has 0 atom stereocenters. The standard InChI is InChI=1S/CH3O.3CH4.7CH3.4Al.I2.2O/c1-2;;;;;;;;;;;;;;;1-2;;/h1H3;3*1H4;7*1H3;;;;;;;/q-1;;;;;;;;;;;;;;+1;;;. The van der Waals surface area contributed by atoms with Crippen LogP contribution in [0.2, 0.25) is 40.5 Å². The Morgan fingerprint density at radius 3 is 0.900 bits per heavy atom. The molecule has 0 heterocycles. The first-order valence-corrected chi connectivity index (χ1v) is 22.5. The van der Waals surface area contributed by atoms with Gasteiger partial charge in [-0.15, -0.1) is 0 Å². The van der Waals surface area contributed by atoms with Crippen molar-refractivity contribution in [3.05, 3.63) is 0 Å². The van der Waals surface area contributed by atoms with Crippen molar-refractivity contribution in [1.29, 1.82) is 0 Å². The zero-order valence-electron chi connectivity index (χ0n) is 12.3. The third kappa shape index (κ3) is 49.6. The summed E-state index contributed by atoms with van der Waals surface area (Å²) in [7, 11) is 1.76. The fourth-order valence-electron chi connectivity index (χ4n) is 0.799. The van der Waals surface area contributed by atoms with E-state index in [1.165, 1.54) is 0 Å². The quantitative estimate of drug-likeness (QED) is 0.287. The average molecular weight is 578 g/mol. The van der Waals surface area contributed by atoms with Gasteiger partial charge < -0.3 is 9.47 Å². The van der Waals surface area contributed by atoms with Crippen LogP contribution in [0.4, 0.5) is 0 Å². The van der Waals surface area contributed by atoms with E-state index in [1.807, 2.05) is 0 Å². The Kier molecular flexibility index (Phi) is 58.9. The Balaban J connectivity index is -0.0000000428. The van der Waals surface area contributed by atoms with Crippen molar-refractivity contribution in [2.75, 3.05) is 7.11 Å². The highest BCUT2D eigenvalue weighted by molar-refractivity contribution is 15.0. The largest absolute Gasteiger partial charge is 0.616 e. The van der Waals surface area contributed by atoms with Crippen LogP contribution >= 0.6 is 37.2 Å². The van der Waals surface area contributed by atoms with Crippen molar-refractivity contribution in [2.24, 2.45) is 0 Å². The Bertz CT molecular complexity index is 135. The molecule has 0 bridgehead atoms. The summed E-state index contributed by atoms with van der Waals surface area (Å²) in [4.78, 5) is 0. The van der Waals surface area contributed by atoms with Crippen LogP contribution in [0.1, 0.15) is 22.3 Å².